The van der Waals surface area contributed by atoms with E-state index in [1.807, 2.05) is 37.2 Å². The van der Waals surface area contributed by atoms with Gasteiger partial charge in [-0.2, -0.15) is 0 Å². The van der Waals surface area contributed by atoms with Gasteiger partial charge in [-0.15, -0.1) is 0 Å². The highest BCUT2D eigenvalue weighted by atomic mass is 127. The zero-order valence-electron chi connectivity index (χ0n) is 9.26. The number of carbonyl (C=O) groups is 1. The first kappa shape index (κ1) is 13.9. The molecule has 0 unspecified atom stereocenters. The molecule has 0 aromatic heterocycles. The minimum Gasteiger partial charge on any atom is -0.351 e. The SMILES string of the molecule is CN(C)CCNC(=O)c1cc(Br)ccc1I. The van der Waals surface area contributed by atoms with E-state index in [1.54, 1.807) is 0 Å². The number of rotatable bonds is 4. The predicted octanol–water partition coefficient (Wildman–Crippen LogP) is 2.35. The van der Waals surface area contributed by atoms with Crippen molar-refractivity contribution in [3.05, 3.63) is 31.8 Å². The van der Waals surface area contributed by atoms with Crippen LogP contribution in [0.1, 0.15) is 10.4 Å². The Labute approximate surface area is 118 Å². The first-order valence-corrected chi connectivity index (χ1v) is 6.76. The van der Waals surface area contributed by atoms with Gasteiger partial charge < -0.3 is 10.2 Å². The standard InChI is InChI=1S/C11H14BrIN2O/c1-15(2)6-5-14-11(16)9-7-8(12)3-4-10(9)13/h3-4,7H,5-6H2,1-2H3,(H,14,16). The second kappa shape index (κ2) is 6.56. The zero-order chi connectivity index (χ0) is 12.1. The summed E-state index contributed by atoms with van der Waals surface area (Å²) < 4.78 is 1.88. The Morgan fingerprint density at radius 2 is 2.19 bits per heavy atom. The third-order valence-electron chi connectivity index (χ3n) is 2.02. The lowest BCUT2D eigenvalue weighted by molar-refractivity contribution is 0.0950. The minimum atomic E-state index is -0.0208. The Hall–Kier alpha value is -0.140. The maximum Gasteiger partial charge on any atom is 0.252 e. The highest BCUT2D eigenvalue weighted by molar-refractivity contribution is 14.1. The number of carbonyl (C=O) groups excluding carboxylic acids is 1. The van der Waals surface area contributed by atoms with Crippen molar-refractivity contribution >= 4 is 44.4 Å². The molecule has 0 spiro atoms. The molecule has 3 nitrogen and oxygen atoms in total. The van der Waals surface area contributed by atoms with E-state index >= 15 is 0 Å². The Kier molecular flexibility index (Phi) is 5.71. The van der Waals surface area contributed by atoms with Crippen molar-refractivity contribution < 1.29 is 4.79 Å². The van der Waals surface area contributed by atoms with Gasteiger partial charge in [0.25, 0.3) is 5.91 Å². The summed E-state index contributed by atoms with van der Waals surface area (Å²) in [7, 11) is 3.96. The fourth-order valence-corrected chi connectivity index (χ4v) is 2.10. The van der Waals surface area contributed by atoms with Crippen LogP contribution in [0.25, 0.3) is 0 Å². The molecular weight excluding hydrogens is 383 g/mol. The molecule has 1 aromatic rings. The molecule has 0 aliphatic heterocycles. The van der Waals surface area contributed by atoms with Gasteiger partial charge in [-0.1, -0.05) is 15.9 Å². The van der Waals surface area contributed by atoms with E-state index in [4.69, 9.17) is 0 Å². The molecule has 16 heavy (non-hydrogen) atoms. The number of benzene rings is 1. The van der Waals surface area contributed by atoms with Crippen molar-refractivity contribution in [1.29, 1.82) is 0 Å². The molecular formula is C11H14BrIN2O. The van der Waals surface area contributed by atoms with E-state index in [1.165, 1.54) is 0 Å². The van der Waals surface area contributed by atoms with Crippen LogP contribution < -0.4 is 5.32 Å². The van der Waals surface area contributed by atoms with Crippen molar-refractivity contribution in [2.24, 2.45) is 0 Å². The van der Waals surface area contributed by atoms with Gasteiger partial charge in [0, 0.05) is 21.1 Å². The van der Waals surface area contributed by atoms with Gasteiger partial charge in [0.05, 0.1) is 5.56 Å². The number of nitrogens with one attached hydrogen (secondary N) is 1. The van der Waals surface area contributed by atoms with Crippen LogP contribution in [0.4, 0.5) is 0 Å². The van der Waals surface area contributed by atoms with Crippen molar-refractivity contribution in [3.63, 3.8) is 0 Å². The quantitative estimate of drug-likeness (QED) is 0.792. The maximum atomic E-state index is 11.8. The fourth-order valence-electron chi connectivity index (χ4n) is 1.16. The summed E-state index contributed by atoms with van der Waals surface area (Å²) in [5.41, 5.74) is 0.716. The Balaban J connectivity index is 2.62. The molecule has 5 heteroatoms. The third-order valence-corrected chi connectivity index (χ3v) is 3.45. The van der Waals surface area contributed by atoms with Gasteiger partial charge >= 0.3 is 0 Å². The molecule has 0 aliphatic rings. The Morgan fingerprint density at radius 3 is 2.81 bits per heavy atom. The highest BCUT2D eigenvalue weighted by Crippen LogP contribution is 2.18. The molecule has 0 heterocycles. The summed E-state index contributed by atoms with van der Waals surface area (Å²) in [6, 6.07) is 5.69. The smallest absolute Gasteiger partial charge is 0.252 e. The monoisotopic (exact) mass is 396 g/mol. The maximum absolute atomic E-state index is 11.8. The van der Waals surface area contributed by atoms with Crippen LogP contribution in [0.5, 0.6) is 0 Å². The van der Waals surface area contributed by atoms with Gasteiger partial charge in [-0.3, -0.25) is 4.79 Å². The Morgan fingerprint density at radius 1 is 1.50 bits per heavy atom. The van der Waals surface area contributed by atoms with E-state index < -0.39 is 0 Å². The molecule has 88 valence electrons. The molecule has 1 aromatic carbocycles. The summed E-state index contributed by atoms with van der Waals surface area (Å²) in [5.74, 6) is -0.0208. The molecule has 0 saturated heterocycles. The van der Waals surface area contributed by atoms with Crippen LogP contribution in [0.2, 0.25) is 0 Å². The second-order valence-electron chi connectivity index (χ2n) is 3.68. The third kappa shape index (κ3) is 4.39. The first-order chi connectivity index (χ1) is 7.50. The molecule has 1 N–H and O–H groups in total. The van der Waals surface area contributed by atoms with E-state index in [0.29, 0.717) is 12.1 Å². The molecule has 0 bridgehead atoms. The van der Waals surface area contributed by atoms with E-state index in [0.717, 1.165) is 14.6 Å². The predicted molar refractivity (Wildman–Crippen MR) is 77.7 cm³/mol. The lowest BCUT2D eigenvalue weighted by atomic mass is 10.2. The lowest BCUT2D eigenvalue weighted by Crippen LogP contribution is -2.31. The number of nitrogens with zero attached hydrogens (tertiary/aromatic N) is 1. The van der Waals surface area contributed by atoms with Crippen LogP contribution >= 0.6 is 38.5 Å². The normalized spacial score (nSPS) is 10.6. The number of likely N-dealkylation sites (N-methyl/N-ethyl adjacent to an activating group) is 1. The van der Waals surface area contributed by atoms with Crippen LogP contribution in [0, 0.1) is 3.57 Å². The molecule has 0 saturated carbocycles. The molecule has 1 rings (SSSR count). The van der Waals surface area contributed by atoms with Gasteiger partial charge in [0.2, 0.25) is 0 Å². The van der Waals surface area contributed by atoms with Gasteiger partial charge in [0.1, 0.15) is 0 Å². The minimum absolute atomic E-state index is 0.0208. The number of hydrogen-bond acceptors (Lipinski definition) is 2. The molecule has 0 atom stereocenters. The van der Waals surface area contributed by atoms with Crippen LogP contribution in [-0.4, -0.2) is 38.0 Å². The Bertz CT molecular complexity index is 382. The summed E-state index contributed by atoms with van der Waals surface area (Å²) in [5, 5.41) is 2.89. The van der Waals surface area contributed by atoms with Crippen molar-refractivity contribution in [1.82, 2.24) is 10.2 Å². The van der Waals surface area contributed by atoms with E-state index in [9.17, 15) is 4.79 Å². The van der Waals surface area contributed by atoms with E-state index in [2.05, 4.69) is 43.8 Å². The molecule has 0 aliphatic carbocycles. The molecule has 0 radical (unpaired) electrons. The fraction of sp³-hybridized carbons (Fsp3) is 0.364. The van der Waals surface area contributed by atoms with Crippen LogP contribution in [0.3, 0.4) is 0 Å². The average Bonchev–Trinajstić information content (AvgIpc) is 2.21. The number of amides is 1. The summed E-state index contributed by atoms with van der Waals surface area (Å²) in [4.78, 5) is 13.9. The first-order valence-electron chi connectivity index (χ1n) is 4.88. The topological polar surface area (TPSA) is 32.3 Å². The summed E-state index contributed by atoms with van der Waals surface area (Å²) in [6.45, 7) is 1.50. The molecule has 1 amide bonds. The van der Waals surface area contributed by atoms with Crippen molar-refractivity contribution in [3.8, 4) is 0 Å². The van der Waals surface area contributed by atoms with Gasteiger partial charge in [0.15, 0.2) is 0 Å². The largest absolute Gasteiger partial charge is 0.351 e. The zero-order valence-corrected chi connectivity index (χ0v) is 13.0. The number of hydrogen-bond donors (Lipinski definition) is 1. The highest BCUT2D eigenvalue weighted by Gasteiger charge is 2.09. The van der Waals surface area contributed by atoms with Gasteiger partial charge in [-0.05, 0) is 54.9 Å². The molecule has 0 fully saturated rings. The summed E-state index contributed by atoms with van der Waals surface area (Å²) >= 11 is 5.53. The summed E-state index contributed by atoms with van der Waals surface area (Å²) in [6.07, 6.45) is 0. The number of halogens is 2. The second-order valence-corrected chi connectivity index (χ2v) is 5.76. The van der Waals surface area contributed by atoms with Gasteiger partial charge in [-0.25, -0.2) is 0 Å². The van der Waals surface area contributed by atoms with Crippen molar-refractivity contribution in [2.75, 3.05) is 27.2 Å². The van der Waals surface area contributed by atoms with Crippen LogP contribution in [0.15, 0.2) is 22.7 Å². The average molecular weight is 397 g/mol. The van der Waals surface area contributed by atoms with Crippen molar-refractivity contribution in [2.45, 2.75) is 0 Å². The lowest BCUT2D eigenvalue weighted by Gasteiger charge is -2.11. The van der Waals surface area contributed by atoms with E-state index in [-0.39, 0.29) is 5.91 Å². The van der Waals surface area contributed by atoms with Crippen LogP contribution in [-0.2, 0) is 0 Å².